The highest BCUT2D eigenvalue weighted by molar-refractivity contribution is 5.83. The van der Waals surface area contributed by atoms with Crippen molar-refractivity contribution in [2.45, 2.75) is 38.1 Å². The molecule has 18 heavy (non-hydrogen) atoms. The molecule has 0 aromatic heterocycles. The fourth-order valence-corrected chi connectivity index (χ4v) is 2.49. The van der Waals surface area contributed by atoms with Crippen molar-refractivity contribution in [2.24, 2.45) is 5.92 Å². The van der Waals surface area contributed by atoms with Crippen LogP contribution in [0.25, 0.3) is 0 Å². The summed E-state index contributed by atoms with van der Waals surface area (Å²) in [4.78, 5) is 11.5. The number of hydrogen-bond acceptors (Lipinski definition) is 2. The Hall–Kier alpha value is -1.58. The molecule has 1 fully saturated rings. The lowest BCUT2D eigenvalue weighted by Crippen LogP contribution is -2.48. The molecule has 3 nitrogen and oxygen atoms in total. The molecular formula is C14H18FNO2. The Labute approximate surface area is 106 Å². The van der Waals surface area contributed by atoms with Gasteiger partial charge in [-0.05, 0) is 49.8 Å². The highest BCUT2D eigenvalue weighted by atomic mass is 19.1. The number of halogens is 1. The second kappa shape index (κ2) is 4.96. The molecule has 0 aliphatic heterocycles. The smallest absolute Gasteiger partial charge is 0.329 e. The predicted octanol–water partition coefficient (Wildman–Crippen LogP) is 3.27. The van der Waals surface area contributed by atoms with Crippen LogP contribution in [0.4, 0.5) is 10.1 Å². The Morgan fingerprint density at radius 2 is 2.11 bits per heavy atom. The van der Waals surface area contributed by atoms with Gasteiger partial charge in [-0.3, -0.25) is 0 Å². The lowest BCUT2D eigenvalue weighted by molar-refractivity contribution is -0.143. The lowest BCUT2D eigenvalue weighted by Gasteiger charge is -2.37. The van der Waals surface area contributed by atoms with Gasteiger partial charge in [0.15, 0.2) is 0 Å². The Morgan fingerprint density at radius 3 is 2.67 bits per heavy atom. The second-order valence-corrected chi connectivity index (χ2v) is 5.21. The molecule has 0 amide bonds. The molecule has 98 valence electrons. The number of hydrogen-bond donors (Lipinski definition) is 2. The van der Waals surface area contributed by atoms with Crippen molar-refractivity contribution < 1.29 is 14.3 Å². The van der Waals surface area contributed by atoms with E-state index < -0.39 is 11.5 Å². The highest BCUT2D eigenvalue weighted by Crippen LogP contribution is 2.35. The minimum Gasteiger partial charge on any atom is -0.480 e. The molecule has 0 bridgehead atoms. The molecule has 1 aromatic carbocycles. The number of nitrogens with one attached hydrogen (secondary N) is 1. The molecule has 1 aliphatic carbocycles. The van der Waals surface area contributed by atoms with Crippen molar-refractivity contribution in [1.82, 2.24) is 0 Å². The molecule has 1 saturated carbocycles. The zero-order chi connectivity index (χ0) is 13.2. The van der Waals surface area contributed by atoms with Gasteiger partial charge in [-0.15, -0.1) is 0 Å². The average molecular weight is 251 g/mol. The monoisotopic (exact) mass is 251 g/mol. The quantitative estimate of drug-likeness (QED) is 0.866. The van der Waals surface area contributed by atoms with E-state index in [-0.39, 0.29) is 5.82 Å². The van der Waals surface area contributed by atoms with Crippen LogP contribution in [-0.4, -0.2) is 16.6 Å². The third-order valence-electron chi connectivity index (χ3n) is 3.75. The van der Waals surface area contributed by atoms with Crippen LogP contribution in [0.1, 0.15) is 32.6 Å². The first kappa shape index (κ1) is 12.9. The average Bonchev–Trinajstić information content (AvgIpc) is 2.32. The van der Waals surface area contributed by atoms with Gasteiger partial charge in [0.2, 0.25) is 0 Å². The van der Waals surface area contributed by atoms with E-state index in [0.717, 1.165) is 12.8 Å². The van der Waals surface area contributed by atoms with Gasteiger partial charge in [0.05, 0.1) is 0 Å². The van der Waals surface area contributed by atoms with Gasteiger partial charge in [0.1, 0.15) is 11.4 Å². The summed E-state index contributed by atoms with van der Waals surface area (Å²) in [5, 5.41) is 12.5. The number of carboxylic acid groups (broad SMARTS) is 1. The molecule has 0 atom stereocenters. The van der Waals surface area contributed by atoms with Gasteiger partial charge in [-0.1, -0.05) is 13.0 Å². The molecule has 4 heteroatoms. The summed E-state index contributed by atoms with van der Waals surface area (Å²) in [5.74, 6) is -0.643. The van der Waals surface area contributed by atoms with Gasteiger partial charge in [0, 0.05) is 5.69 Å². The SMILES string of the molecule is CC1CCC(Nc2cccc(F)c2)(C(=O)O)CC1. The Morgan fingerprint density at radius 1 is 1.44 bits per heavy atom. The first-order valence-electron chi connectivity index (χ1n) is 6.29. The van der Waals surface area contributed by atoms with Gasteiger partial charge in [-0.25, -0.2) is 9.18 Å². The summed E-state index contributed by atoms with van der Waals surface area (Å²) in [6, 6.07) is 5.97. The molecule has 2 rings (SSSR count). The van der Waals surface area contributed by atoms with E-state index in [0.29, 0.717) is 24.4 Å². The maximum Gasteiger partial charge on any atom is 0.329 e. The van der Waals surface area contributed by atoms with E-state index in [1.54, 1.807) is 12.1 Å². The van der Waals surface area contributed by atoms with E-state index in [2.05, 4.69) is 12.2 Å². The molecular weight excluding hydrogens is 233 g/mol. The number of benzene rings is 1. The van der Waals surface area contributed by atoms with Gasteiger partial charge in [0.25, 0.3) is 0 Å². The van der Waals surface area contributed by atoms with Crippen molar-refractivity contribution in [3.05, 3.63) is 30.1 Å². The summed E-state index contributed by atoms with van der Waals surface area (Å²) in [6.07, 6.45) is 2.93. The van der Waals surface area contributed by atoms with Crippen molar-refractivity contribution in [1.29, 1.82) is 0 Å². The van der Waals surface area contributed by atoms with Crippen molar-refractivity contribution in [3.63, 3.8) is 0 Å². The maximum absolute atomic E-state index is 13.1. The molecule has 0 unspecified atom stereocenters. The van der Waals surface area contributed by atoms with Crippen LogP contribution < -0.4 is 5.32 Å². The zero-order valence-corrected chi connectivity index (χ0v) is 10.4. The third-order valence-corrected chi connectivity index (χ3v) is 3.75. The summed E-state index contributed by atoms with van der Waals surface area (Å²) in [7, 11) is 0. The van der Waals surface area contributed by atoms with Gasteiger partial charge in [-0.2, -0.15) is 0 Å². The number of carbonyl (C=O) groups is 1. The summed E-state index contributed by atoms with van der Waals surface area (Å²) in [5.41, 5.74) is -0.410. The van der Waals surface area contributed by atoms with E-state index in [1.807, 2.05) is 0 Å². The largest absolute Gasteiger partial charge is 0.480 e. The van der Waals surface area contributed by atoms with Crippen molar-refractivity contribution in [3.8, 4) is 0 Å². The molecule has 0 radical (unpaired) electrons. The lowest BCUT2D eigenvalue weighted by atomic mass is 9.77. The van der Waals surface area contributed by atoms with Crippen molar-refractivity contribution in [2.75, 3.05) is 5.32 Å². The van der Waals surface area contributed by atoms with E-state index in [9.17, 15) is 14.3 Å². The summed E-state index contributed by atoms with van der Waals surface area (Å²) < 4.78 is 13.1. The fourth-order valence-electron chi connectivity index (χ4n) is 2.49. The predicted molar refractivity (Wildman–Crippen MR) is 68.0 cm³/mol. The van der Waals surface area contributed by atoms with Crippen LogP contribution in [0, 0.1) is 11.7 Å². The van der Waals surface area contributed by atoms with Gasteiger partial charge < -0.3 is 10.4 Å². The van der Waals surface area contributed by atoms with Gasteiger partial charge >= 0.3 is 5.97 Å². The summed E-state index contributed by atoms with van der Waals surface area (Å²) >= 11 is 0. The van der Waals surface area contributed by atoms with Crippen LogP contribution in [0.2, 0.25) is 0 Å². The normalized spacial score (nSPS) is 27.8. The number of carboxylic acids is 1. The molecule has 2 N–H and O–H groups in total. The Balaban J connectivity index is 2.19. The van der Waals surface area contributed by atoms with E-state index in [1.165, 1.54) is 12.1 Å². The summed E-state index contributed by atoms with van der Waals surface area (Å²) in [6.45, 7) is 2.13. The zero-order valence-electron chi connectivity index (χ0n) is 10.4. The first-order chi connectivity index (χ1) is 8.52. The number of rotatable bonds is 3. The Bertz CT molecular complexity index is 439. The van der Waals surface area contributed by atoms with Crippen molar-refractivity contribution >= 4 is 11.7 Å². The molecule has 0 saturated heterocycles. The van der Waals surface area contributed by atoms with Crippen LogP contribution in [-0.2, 0) is 4.79 Å². The van der Waals surface area contributed by atoms with E-state index >= 15 is 0 Å². The topological polar surface area (TPSA) is 49.3 Å². The molecule has 1 aliphatic rings. The second-order valence-electron chi connectivity index (χ2n) is 5.21. The maximum atomic E-state index is 13.1. The highest BCUT2D eigenvalue weighted by Gasteiger charge is 2.41. The fraction of sp³-hybridized carbons (Fsp3) is 0.500. The third kappa shape index (κ3) is 2.63. The minimum atomic E-state index is -0.944. The minimum absolute atomic E-state index is 0.357. The number of anilines is 1. The molecule has 1 aromatic rings. The van der Waals surface area contributed by atoms with Crippen LogP contribution in [0.3, 0.4) is 0 Å². The van der Waals surface area contributed by atoms with Crippen LogP contribution in [0.5, 0.6) is 0 Å². The Kier molecular flexibility index (Phi) is 3.55. The molecule has 0 spiro atoms. The molecule has 0 heterocycles. The van der Waals surface area contributed by atoms with Crippen LogP contribution in [0.15, 0.2) is 24.3 Å². The van der Waals surface area contributed by atoms with Crippen LogP contribution >= 0.6 is 0 Å². The van der Waals surface area contributed by atoms with E-state index in [4.69, 9.17) is 0 Å². The standard InChI is InChI=1S/C14H18FNO2/c1-10-5-7-14(8-6-10,13(17)18)16-12-4-2-3-11(15)9-12/h2-4,9-10,16H,5-8H2,1H3,(H,17,18). The first-order valence-corrected chi connectivity index (χ1v) is 6.29. The number of aliphatic carboxylic acids is 1.